The summed E-state index contributed by atoms with van der Waals surface area (Å²) in [7, 11) is 0. The molecule has 1 N–H and O–H groups in total. The van der Waals surface area contributed by atoms with Crippen molar-refractivity contribution in [2.45, 2.75) is 6.61 Å². The van der Waals surface area contributed by atoms with E-state index in [4.69, 9.17) is 25.8 Å². The summed E-state index contributed by atoms with van der Waals surface area (Å²) in [6.45, 7) is 0.747. The molecule has 2 aliphatic heterocycles. The largest absolute Gasteiger partial charge is 0.488 e. The Bertz CT molecular complexity index is 1450. The second-order valence-electron chi connectivity index (χ2n) is 8.27. The smallest absolute Gasteiger partial charge is 0.294 e. The summed E-state index contributed by atoms with van der Waals surface area (Å²) in [4.78, 5) is 39.4. The van der Waals surface area contributed by atoms with Crippen LogP contribution in [-0.2, 0) is 16.2 Å². The maximum absolute atomic E-state index is 13.0. The lowest BCUT2D eigenvalue weighted by molar-refractivity contribution is -0.127. The summed E-state index contributed by atoms with van der Waals surface area (Å²) in [6, 6.07) is 17.7. The van der Waals surface area contributed by atoms with Gasteiger partial charge in [0.25, 0.3) is 11.1 Å². The van der Waals surface area contributed by atoms with Gasteiger partial charge in [-0.25, -0.2) is 0 Å². The molecule has 0 radical (unpaired) electrons. The van der Waals surface area contributed by atoms with E-state index in [1.165, 1.54) is 0 Å². The number of ether oxygens (including phenoxy) is 3. The van der Waals surface area contributed by atoms with E-state index < -0.39 is 23.6 Å². The van der Waals surface area contributed by atoms with Crippen LogP contribution in [0.25, 0.3) is 6.08 Å². The molecule has 1 fully saturated rings. The number of carbonyl (C=O) groups is 3. The van der Waals surface area contributed by atoms with Crippen molar-refractivity contribution in [2.75, 3.05) is 25.1 Å². The van der Waals surface area contributed by atoms with Crippen molar-refractivity contribution in [1.29, 1.82) is 0 Å². The third-order valence-electron chi connectivity index (χ3n) is 5.57. The summed E-state index contributed by atoms with van der Waals surface area (Å²) in [6.07, 6.45) is 1.59. The van der Waals surface area contributed by atoms with Crippen LogP contribution in [0.1, 0.15) is 11.1 Å². The minimum atomic E-state index is -0.555. The zero-order valence-corrected chi connectivity index (χ0v) is 22.9. The molecule has 3 aromatic rings. The number of hydrogen-bond acceptors (Lipinski definition) is 7. The fourth-order valence-electron chi connectivity index (χ4n) is 3.75. The number of hydrogen-bond donors (Lipinski definition) is 1. The van der Waals surface area contributed by atoms with Gasteiger partial charge in [0.2, 0.25) is 5.91 Å². The number of carbonyl (C=O) groups excluding carboxylic acids is 3. The second-order valence-corrected chi connectivity index (χ2v) is 10.6. The summed E-state index contributed by atoms with van der Waals surface area (Å²) in [5.74, 6) is 0.576. The first-order chi connectivity index (χ1) is 18.4. The molecule has 194 valence electrons. The van der Waals surface area contributed by atoms with Crippen LogP contribution in [0.15, 0.2) is 70.0 Å². The standard InChI is InChI=1S/C27H20BrClN2O6S/c28-18-3-7-21(37-15-16-1-4-19(29)5-2-16)17(11-18)12-24-26(33)31(27(34)38-24)14-25(32)30-20-6-8-22-23(13-20)36-10-9-35-22/h1-8,11-13H,9-10,14-15H2,(H,30,32)/b24-12+. The topological polar surface area (TPSA) is 94.2 Å². The molecular weight excluding hydrogens is 596 g/mol. The molecule has 0 aromatic heterocycles. The molecule has 3 aromatic carbocycles. The van der Waals surface area contributed by atoms with Gasteiger partial charge in [0.1, 0.15) is 32.1 Å². The second kappa shape index (κ2) is 11.5. The molecule has 0 spiro atoms. The van der Waals surface area contributed by atoms with E-state index in [2.05, 4.69) is 21.2 Å². The Morgan fingerprint density at radius 3 is 2.61 bits per heavy atom. The lowest BCUT2D eigenvalue weighted by atomic mass is 10.1. The number of imide groups is 1. The van der Waals surface area contributed by atoms with E-state index >= 15 is 0 Å². The Morgan fingerprint density at radius 1 is 1.05 bits per heavy atom. The van der Waals surface area contributed by atoms with E-state index in [0.717, 1.165) is 26.7 Å². The fourth-order valence-corrected chi connectivity index (χ4v) is 5.08. The number of rotatable bonds is 7. The zero-order valence-electron chi connectivity index (χ0n) is 19.7. The lowest BCUT2D eigenvalue weighted by Gasteiger charge is -2.19. The molecule has 8 nitrogen and oxygen atoms in total. The van der Waals surface area contributed by atoms with E-state index in [1.807, 2.05) is 18.2 Å². The van der Waals surface area contributed by atoms with Crippen molar-refractivity contribution in [3.63, 3.8) is 0 Å². The van der Waals surface area contributed by atoms with Gasteiger partial charge in [-0.2, -0.15) is 0 Å². The number of thioether (sulfide) groups is 1. The molecule has 0 aliphatic carbocycles. The van der Waals surface area contributed by atoms with Gasteiger partial charge < -0.3 is 19.5 Å². The number of nitrogens with one attached hydrogen (secondary N) is 1. The first-order valence-electron chi connectivity index (χ1n) is 11.5. The Morgan fingerprint density at radius 2 is 1.82 bits per heavy atom. The number of nitrogens with zero attached hydrogens (tertiary/aromatic N) is 1. The molecule has 11 heteroatoms. The molecule has 3 amide bonds. The van der Waals surface area contributed by atoms with Crippen molar-refractivity contribution in [3.05, 3.63) is 86.2 Å². The van der Waals surface area contributed by atoms with Crippen molar-refractivity contribution in [3.8, 4) is 17.2 Å². The molecular formula is C27H20BrClN2O6S. The van der Waals surface area contributed by atoms with Crippen LogP contribution in [-0.4, -0.2) is 41.7 Å². The highest BCUT2D eigenvalue weighted by atomic mass is 79.9. The van der Waals surface area contributed by atoms with Gasteiger partial charge in [-0.1, -0.05) is 39.7 Å². The van der Waals surface area contributed by atoms with Crippen LogP contribution in [0.3, 0.4) is 0 Å². The maximum Gasteiger partial charge on any atom is 0.294 e. The van der Waals surface area contributed by atoms with Gasteiger partial charge >= 0.3 is 0 Å². The molecule has 1 saturated heterocycles. The molecule has 0 atom stereocenters. The van der Waals surface area contributed by atoms with Crippen LogP contribution in [0.2, 0.25) is 5.02 Å². The third-order valence-corrected chi connectivity index (χ3v) is 7.22. The highest BCUT2D eigenvalue weighted by Gasteiger charge is 2.36. The van der Waals surface area contributed by atoms with Crippen LogP contribution >= 0.6 is 39.3 Å². The normalized spacial score (nSPS) is 15.6. The highest BCUT2D eigenvalue weighted by molar-refractivity contribution is 9.10. The molecule has 38 heavy (non-hydrogen) atoms. The van der Waals surface area contributed by atoms with Crippen molar-refractivity contribution < 1.29 is 28.6 Å². The summed E-state index contributed by atoms with van der Waals surface area (Å²) in [5, 5.41) is 2.80. The highest BCUT2D eigenvalue weighted by Crippen LogP contribution is 2.36. The maximum atomic E-state index is 13.0. The van der Waals surface area contributed by atoms with Gasteiger partial charge in [0, 0.05) is 26.8 Å². The van der Waals surface area contributed by atoms with Crippen LogP contribution in [0.5, 0.6) is 17.2 Å². The van der Waals surface area contributed by atoms with E-state index in [-0.39, 0.29) is 4.91 Å². The van der Waals surface area contributed by atoms with Crippen LogP contribution in [0, 0.1) is 0 Å². The van der Waals surface area contributed by atoms with Crippen molar-refractivity contribution in [2.24, 2.45) is 0 Å². The fraction of sp³-hybridized carbons (Fsp3) is 0.148. The number of anilines is 1. The molecule has 2 aliphatic rings. The minimum absolute atomic E-state index is 0.191. The number of amides is 3. The molecule has 0 saturated carbocycles. The summed E-state index contributed by atoms with van der Waals surface area (Å²) < 4.78 is 17.8. The summed E-state index contributed by atoms with van der Waals surface area (Å²) in [5.41, 5.74) is 2.01. The average molecular weight is 616 g/mol. The first kappa shape index (κ1) is 26.1. The van der Waals surface area contributed by atoms with E-state index in [9.17, 15) is 14.4 Å². The molecule has 5 rings (SSSR count). The van der Waals surface area contributed by atoms with E-state index in [0.29, 0.717) is 53.3 Å². The monoisotopic (exact) mass is 614 g/mol. The van der Waals surface area contributed by atoms with Crippen molar-refractivity contribution in [1.82, 2.24) is 4.90 Å². The Kier molecular flexibility index (Phi) is 7.92. The van der Waals surface area contributed by atoms with Crippen LogP contribution < -0.4 is 19.5 Å². The third kappa shape index (κ3) is 6.15. The minimum Gasteiger partial charge on any atom is -0.488 e. The van der Waals surface area contributed by atoms with Gasteiger partial charge in [-0.05, 0) is 65.9 Å². The Labute approximate surface area is 236 Å². The number of fused-ring (bicyclic) bond motifs is 1. The lowest BCUT2D eigenvalue weighted by Crippen LogP contribution is -2.36. The average Bonchev–Trinajstić information content (AvgIpc) is 3.16. The Hall–Kier alpha value is -3.47. The van der Waals surface area contributed by atoms with Crippen molar-refractivity contribution >= 4 is 68.1 Å². The van der Waals surface area contributed by atoms with Gasteiger partial charge in [0.15, 0.2) is 11.5 Å². The predicted octanol–water partition coefficient (Wildman–Crippen LogP) is 6.13. The molecule has 2 heterocycles. The zero-order chi connectivity index (χ0) is 26.6. The summed E-state index contributed by atoms with van der Waals surface area (Å²) >= 11 is 10.2. The number of benzene rings is 3. The quantitative estimate of drug-likeness (QED) is 0.320. The predicted molar refractivity (Wildman–Crippen MR) is 149 cm³/mol. The van der Waals surface area contributed by atoms with Gasteiger partial charge in [0.05, 0.1) is 4.91 Å². The van der Waals surface area contributed by atoms with Crippen LogP contribution in [0.4, 0.5) is 10.5 Å². The molecule has 0 unspecified atom stereocenters. The Balaban J connectivity index is 1.27. The molecule has 0 bridgehead atoms. The van der Waals surface area contributed by atoms with Gasteiger partial charge in [-0.3, -0.25) is 19.3 Å². The number of halogens is 2. The van der Waals surface area contributed by atoms with Gasteiger partial charge in [-0.15, -0.1) is 0 Å². The van der Waals surface area contributed by atoms with E-state index in [1.54, 1.807) is 48.5 Å². The SMILES string of the molecule is O=C(CN1C(=O)S/C(=C/c2cc(Br)ccc2OCc2ccc(Cl)cc2)C1=O)Nc1ccc2c(c1)OCCO2. The first-order valence-corrected chi connectivity index (χ1v) is 13.5.